The molecule has 0 saturated heterocycles. The van der Waals surface area contributed by atoms with Crippen LogP contribution in [-0.4, -0.2) is 16.0 Å². The highest BCUT2D eigenvalue weighted by Gasteiger charge is 2.12. The molecule has 2 rings (SSSR count). The van der Waals surface area contributed by atoms with E-state index in [1.807, 2.05) is 17.5 Å². The van der Waals surface area contributed by atoms with Crippen LogP contribution in [0.15, 0.2) is 28.3 Å². The van der Waals surface area contributed by atoms with Crippen LogP contribution < -0.4 is 0 Å². The van der Waals surface area contributed by atoms with Crippen molar-refractivity contribution in [1.29, 1.82) is 0 Å². The highest BCUT2D eigenvalue weighted by Crippen LogP contribution is 2.19. The molecule has 0 aliphatic heterocycles. The maximum absolute atomic E-state index is 11.4. The SMILES string of the molecule is CC(=O)C(=Cc1cccs1)c1nnco1. The summed E-state index contributed by atoms with van der Waals surface area (Å²) in [6.07, 6.45) is 2.96. The van der Waals surface area contributed by atoms with E-state index in [0.717, 1.165) is 4.88 Å². The lowest BCUT2D eigenvalue weighted by Gasteiger charge is -1.95. The smallest absolute Gasteiger partial charge is 0.251 e. The van der Waals surface area contributed by atoms with Crippen molar-refractivity contribution in [2.24, 2.45) is 0 Å². The molecule has 0 spiro atoms. The van der Waals surface area contributed by atoms with E-state index >= 15 is 0 Å². The van der Waals surface area contributed by atoms with Crippen molar-refractivity contribution in [2.75, 3.05) is 0 Å². The maximum atomic E-state index is 11.4. The van der Waals surface area contributed by atoms with Crippen LogP contribution in [0.1, 0.15) is 17.7 Å². The average Bonchev–Trinajstić information content (AvgIpc) is 2.87. The van der Waals surface area contributed by atoms with Crippen molar-refractivity contribution in [3.8, 4) is 0 Å². The first-order chi connectivity index (χ1) is 7.27. The largest absolute Gasteiger partial charge is 0.423 e. The molecule has 0 aliphatic carbocycles. The summed E-state index contributed by atoms with van der Waals surface area (Å²) in [6, 6.07) is 3.84. The van der Waals surface area contributed by atoms with Gasteiger partial charge < -0.3 is 4.42 Å². The number of hydrogen-bond acceptors (Lipinski definition) is 5. The van der Waals surface area contributed by atoms with Gasteiger partial charge in [0, 0.05) is 4.88 Å². The topological polar surface area (TPSA) is 56.0 Å². The predicted molar refractivity (Wildman–Crippen MR) is 57.2 cm³/mol. The second-order valence-electron chi connectivity index (χ2n) is 2.87. The normalized spacial score (nSPS) is 11.7. The summed E-state index contributed by atoms with van der Waals surface area (Å²) >= 11 is 1.55. The van der Waals surface area contributed by atoms with Crippen molar-refractivity contribution in [2.45, 2.75) is 6.92 Å². The third-order valence-electron chi connectivity index (χ3n) is 1.80. The van der Waals surface area contributed by atoms with Crippen molar-refractivity contribution < 1.29 is 9.21 Å². The van der Waals surface area contributed by atoms with Crippen molar-refractivity contribution in [1.82, 2.24) is 10.2 Å². The summed E-state index contributed by atoms with van der Waals surface area (Å²) in [5.41, 5.74) is 0.440. The van der Waals surface area contributed by atoms with E-state index in [-0.39, 0.29) is 11.7 Å². The average molecular weight is 220 g/mol. The van der Waals surface area contributed by atoms with Crippen molar-refractivity contribution in [3.05, 3.63) is 34.7 Å². The molecule has 0 bridgehead atoms. The minimum Gasteiger partial charge on any atom is -0.423 e. The van der Waals surface area contributed by atoms with Crippen LogP contribution in [-0.2, 0) is 4.79 Å². The van der Waals surface area contributed by atoms with Gasteiger partial charge in [-0.05, 0) is 24.4 Å². The molecular formula is C10H8N2O2S. The summed E-state index contributed by atoms with van der Waals surface area (Å²) in [6.45, 7) is 1.48. The van der Waals surface area contributed by atoms with Crippen LogP contribution in [0.4, 0.5) is 0 Å². The van der Waals surface area contributed by atoms with Gasteiger partial charge in [-0.2, -0.15) is 0 Å². The Morgan fingerprint density at radius 3 is 3.00 bits per heavy atom. The van der Waals surface area contributed by atoms with Crippen LogP contribution >= 0.6 is 11.3 Å². The number of Topliss-reactive ketones (excluding diaryl/α,β-unsaturated/α-hetero) is 1. The molecule has 0 aliphatic rings. The van der Waals surface area contributed by atoms with Crippen LogP contribution in [0, 0.1) is 0 Å². The molecule has 0 unspecified atom stereocenters. The van der Waals surface area contributed by atoms with Gasteiger partial charge in [0.1, 0.15) is 0 Å². The molecule has 5 heteroatoms. The Morgan fingerprint density at radius 2 is 2.47 bits per heavy atom. The lowest BCUT2D eigenvalue weighted by molar-refractivity contribution is -0.111. The van der Waals surface area contributed by atoms with Gasteiger partial charge in [-0.1, -0.05) is 6.07 Å². The number of aromatic nitrogens is 2. The van der Waals surface area contributed by atoms with Gasteiger partial charge in [0.2, 0.25) is 6.39 Å². The zero-order valence-corrected chi connectivity index (χ0v) is 8.82. The zero-order valence-electron chi connectivity index (χ0n) is 8.01. The molecule has 0 aromatic carbocycles. The number of allylic oxidation sites excluding steroid dienone is 1. The molecule has 0 N–H and O–H groups in total. The van der Waals surface area contributed by atoms with Gasteiger partial charge in [-0.15, -0.1) is 21.5 Å². The Kier molecular flexibility index (Phi) is 2.73. The van der Waals surface area contributed by atoms with Gasteiger partial charge in [0.05, 0.1) is 5.57 Å². The third kappa shape index (κ3) is 2.19. The summed E-state index contributed by atoms with van der Waals surface area (Å²) in [5, 5.41) is 9.21. The van der Waals surface area contributed by atoms with Gasteiger partial charge in [-0.25, -0.2) is 0 Å². The summed E-state index contributed by atoms with van der Waals surface area (Å²) in [5.74, 6) is 0.170. The molecule has 0 saturated carbocycles. The van der Waals surface area contributed by atoms with Gasteiger partial charge in [0.25, 0.3) is 5.89 Å². The van der Waals surface area contributed by atoms with Crippen LogP contribution in [0.5, 0.6) is 0 Å². The second-order valence-corrected chi connectivity index (χ2v) is 3.85. The Bertz CT molecular complexity index is 472. The second kappa shape index (κ2) is 4.18. The molecule has 2 aromatic heterocycles. The molecule has 0 fully saturated rings. The fourth-order valence-electron chi connectivity index (χ4n) is 1.12. The fourth-order valence-corrected chi connectivity index (χ4v) is 1.78. The van der Waals surface area contributed by atoms with E-state index in [4.69, 9.17) is 4.42 Å². The number of hydrogen-bond donors (Lipinski definition) is 0. The maximum Gasteiger partial charge on any atom is 0.251 e. The minimum absolute atomic E-state index is 0.0901. The number of thiophene rings is 1. The predicted octanol–water partition coefficient (Wildman–Crippen LogP) is 2.26. The first kappa shape index (κ1) is 9.79. The highest BCUT2D eigenvalue weighted by molar-refractivity contribution is 7.10. The van der Waals surface area contributed by atoms with Crippen LogP contribution in [0.25, 0.3) is 11.6 Å². The quantitative estimate of drug-likeness (QED) is 0.744. The Morgan fingerprint density at radius 1 is 1.60 bits per heavy atom. The third-order valence-corrected chi connectivity index (χ3v) is 2.62. The Balaban J connectivity index is 2.41. The van der Waals surface area contributed by atoms with E-state index in [0.29, 0.717) is 5.57 Å². The standard InChI is InChI=1S/C10H8N2O2S/c1-7(13)9(10-12-11-6-14-10)5-8-3-2-4-15-8/h2-6H,1H3. The monoisotopic (exact) mass is 220 g/mol. The number of rotatable bonds is 3. The van der Waals surface area contributed by atoms with E-state index < -0.39 is 0 Å². The van der Waals surface area contributed by atoms with E-state index in [1.165, 1.54) is 13.3 Å². The molecule has 2 heterocycles. The lowest BCUT2D eigenvalue weighted by atomic mass is 10.1. The minimum atomic E-state index is -0.0901. The van der Waals surface area contributed by atoms with Crippen LogP contribution in [0.3, 0.4) is 0 Å². The van der Waals surface area contributed by atoms with Crippen molar-refractivity contribution in [3.63, 3.8) is 0 Å². The van der Waals surface area contributed by atoms with E-state index in [2.05, 4.69) is 10.2 Å². The summed E-state index contributed by atoms with van der Waals surface area (Å²) < 4.78 is 5.00. The first-order valence-electron chi connectivity index (χ1n) is 4.30. The highest BCUT2D eigenvalue weighted by atomic mass is 32.1. The van der Waals surface area contributed by atoms with E-state index in [9.17, 15) is 4.79 Å². The molecule has 4 nitrogen and oxygen atoms in total. The molecule has 15 heavy (non-hydrogen) atoms. The number of ketones is 1. The van der Waals surface area contributed by atoms with Gasteiger partial charge in [-0.3, -0.25) is 4.79 Å². The fraction of sp³-hybridized carbons (Fsp3) is 0.100. The Labute approximate surface area is 90.3 Å². The van der Waals surface area contributed by atoms with Crippen LogP contribution in [0.2, 0.25) is 0 Å². The van der Waals surface area contributed by atoms with Crippen molar-refractivity contribution >= 4 is 28.8 Å². The molecule has 2 aromatic rings. The molecule has 0 radical (unpaired) electrons. The molecule has 76 valence electrons. The molecule has 0 atom stereocenters. The summed E-state index contributed by atoms with van der Waals surface area (Å²) in [7, 11) is 0. The Hall–Kier alpha value is -1.75. The molecular weight excluding hydrogens is 212 g/mol. The zero-order chi connectivity index (χ0) is 10.7. The number of carbonyl (C=O) groups is 1. The number of nitrogens with zero attached hydrogens (tertiary/aromatic N) is 2. The first-order valence-corrected chi connectivity index (χ1v) is 5.18. The van der Waals surface area contributed by atoms with Gasteiger partial charge in [0.15, 0.2) is 5.78 Å². The van der Waals surface area contributed by atoms with Gasteiger partial charge >= 0.3 is 0 Å². The lowest BCUT2D eigenvalue weighted by Crippen LogP contribution is -1.96. The summed E-state index contributed by atoms with van der Waals surface area (Å²) in [4.78, 5) is 12.4. The van der Waals surface area contributed by atoms with E-state index in [1.54, 1.807) is 17.4 Å². The molecule has 0 amide bonds. The number of carbonyl (C=O) groups excluding carboxylic acids is 1.